The zero-order valence-electron chi connectivity index (χ0n) is 14.1. The van der Waals surface area contributed by atoms with Gasteiger partial charge in [0.15, 0.2) is 0 Å². The van der Waals surface area contributed by atoms with E-state index in [1.54, 1.807) is 24.0 Å². The maximum Gasteiger partial charge on any atom is 0.335 e. The summed E-state index contributed by atoms with van der Waals surface area (Å²) >= 11 is 0. The molecule has 2 aromatic rings. The first-order valence-corrected chi connectivity index (χ1v) is 8.33. The van der Waals surface area contributed by atoms with Crippen molar-refractivity contribution in [2.45, 2.75) is 19.4 Å². The van der Waals surface area contributed by atoms with Crippen LogP contribution in [0.1, 0.15) is 31.8 Å². The molecule has 1 heterocycles. The Morgan fingerprint density at radius 1 is 1.16 bits per heavy atom. The number of nitrogens with zero attached hydrogens (tertiary/aromatic N) is 1. The van der Waals surface area contributed by atoms with E-state index in [2.05, 4.69) is 0 Å². The van der Waals surface area contributed by atoms with E-state index in [1.165, 1.54) is 11.6 Å². The third-order valence-corrected chi connectivity index (χ3v) is 4.30. The van der Waals surface area contributed by atoms with Crippen LogP contribution in [-0.2, 0) is 11.2 Å². The Morgan fingerprint density at radius 3 is 2.60 bits per heavy atom. The third-order valence-electron chi connectivity index (χ3n) is 4.30. The number of morpholine rings is 1. The number of hydrogen-bond donors (Lipinski definition) is 1. The predicted molar refractivity (Wildman–Crippen MR) is 93.9 cm³/mol. The van der Waals surface area contributed by atoms with Gasteiger partial charge in [0.05, 0.1) is 18.3 Å². The number of carboxylic acid groups (broad SMARTS) is 1. The highest BCUT2D eigenvalue weighted by Gasteiger charge is 2.25. The summed E-state index contributed by atoms with van der Waals surface area (Å²) in [7, 11) is 0. The Bertz CT molecular complexity index is 773. The lowest BCUT2D eigenvalue weighted by Gasteiger charge is -2.33. The highest BCUT2D eigenvalue weighted by Crippen LogP contribution is 2.17. The van der Waals surface area contributed by atoms with Crippen molar-refractivity contribution in [1.82, 2.24) is 4.90 Å². The average Bonchev–Trinajstić information content (AvgIpc) is 2.61. The molecule has 2 aromatic carbocycles. The minimum atomic E-state index is -1.03. The van der Waals surface area contributed by atoms with E-state index < -0.39 is 5.97 Å². The minimum Gasteiger partial charge on any atom is -0.478 e. The molecule has 0 bridgehead atoms. The van der Waals surface area contributed by atoms with Crippen LogP contribution in [0, 0.1) is 6.92 Å². The van der Waals surface area contributed by atoms with Crippen LogP contribution < -0.4 is 0 Å². The van der Waals surface area contributed by atoms with Crippen LogP contribution in [0.4, 0.5) is 0 Å². The number of amides is 1. The first-order chi connectivity index (χ1) is 12.0. The monoisotopic (exact) mass is 339 g/mol. The largest absolute Gasteiger partial charge is 0.478 e. The maximum atomic E-state index is 12.8. The van der Waals surface area contributed by atoms with Crippen molar-refractivity contribution in [3.05, 3.63) is 70.8 Å². The molecule has 1 N–H and O–H groups in total. The fourth-order valence-corrected chi connectivity index (χ4v) is 3.12. The molecule has 130 valence electrons. The van der Waals surface area contributed by atoms with Crippen molar-refractivity contribution in [2.24, 2.45) is 0 Å². The molecule has 0 aromatic heterocycles. The van der Waals surface area contributed by atoms with E-state index >= 15 is 0 Å². The van der Waals surface area contributed by atoms with Gasteiger partial charge in [-0.05, 0) is 36.2 Å². The fourth-order valence-electron chi connectivity index (χ4n) is 3.12. The van der Waals surface area contributed by atoms with Gasteiger partial charge in [-0.15, -0.1) is 0 Å². The van der Waals surface area contributed by atoms with Gasteiger partial charge in [-0.1, -0.05) is 30.3 Å². The molecule has 1 aliphatic rings. The first-order valence-electron chi connectivity index (χ1n) is 8.33. The van der Waals surface area contributed by atoms with Gasteiger partial charge in [0.25, 0.3) is 5.91 Å². The van der Waals surface area contributed by atoms with Crippen LogP contribution in [0.2, 0.25) is 0 Å². The normalized spacial score (nSPS) is 17.3. The number of hydrogen-bond acceptors (Lipinski definition) is 3. The van der Waals surface area contributed by atoms with Crippen molar-refractivity contribution in [2.75, 3.05) is 19.7 Å². The summed E-state index contributed by atoms with van der Waals surface area (Å²) in [5.41, 5.74) is 2.48. The van der Waals surface area contributed by atoms with Crippen LogP contribution in [-0.4, -0.2) is 47.7 Å². The van der Waals surface area contributed by atoms with Gasteiger partial charge < -0.3 is 14.7 Å². The minimum absolute atomic E-state index is 0.0520. The van der Waals surface area contributed by atoms with E-state index in [-0.39, 0.29) is 17.6 Å². The summed E-state index contributed by atoms with van der Waals surface area (Å²) in [5, 5.41) is 9.19. The van der Waals surface area contributed by atoms with Crippen molar-refractivity contribution in [1.29, 1.82) is 0 Å². The van der Waals surface area contributed by atoms with E-state index in [1.807, 2.05) is 30.3 Å². The van der Waals surface area contributed by atoms with Crippen molar-refractivity contribution < 1.29 is 19.4 Å². The molecule has 1 fully saturated rings. The highest BCUT2D eigenvalue weighted by molar-refractivity contribution is 5.97. The lowest BCUT2D eigenvalue weighted by Crippen LogP contribution is -2.46. The summed E-state index contributed by atoms with van der Waals surface area (Å²) in [5.74, 6) is -1.17. The summed E-state index contributed by atoms with van der Waals surface area (Å²) in [6.45, 7) is 3.30. The molecular formula is C20H21NO4. The number of aromatic carboxylic acids is 1. The zero-order valence-corrected chi connectivity index (χ0v) is 14.1. The Morgan fingerprint density at radius 2 is 1.88 bits per heavy atom. The second-order valence-corrected chi connectivity index (χ2v) is 6.33. The Labute approximate surface area is 146 Å². The van der Waals surface area contributed by atoms with Gasteiger partial charge in [0, 0.05) is 25.1 Å². The average molecular weight is 339 g/mol. The van der Waals surface area contributed by atoms with E-state index in [9.17, 15) is 14.7 Å². The van der Waals surface area contributed by atoms with E-state index in [0.717, 1.165) is 12.0 Å². The van der Waals surface area contributed by atoms with Gasteiger partial charge >= 0.3 is 5.97 Å². The summed E-state index contributed by atoms with van der Waals surface area (Å²) < 4.78 is 5.80. The van der Waals surface area contributed by atoms with Gasteiger partial charge in [-0.3, -0.25) is 4.79 Å². The molecule has 0 radical (unpaired) electrons. The van der Waals surface area contributed by atoms with Crippen molar-refractivity contribution in [3.8, 4) is 0 Å². The summed E-state index contributed by atoms with van der Waals surface area (Å²) in [4.78, 5) is 25.8. The number of carboxylic acids is 1. The van der Waals surface area contributed by atoms with Crippen LogP contribution in [0.25, 0.3) is 0 Å². The number of ether oxygens (including phenoxy) is 1. The molecule has 3 rings (SSSR count). The number of benzene rings is 2. The molecule has 1 unspecified atom stereocenters. The third kappa shape index (κ3) is 4.25. The lowest BCUT2D eigenvalue weighted by molar-refractivity contribution is -0.0208. The Hall–Kier alpha value is -2.66. The quantitative estimate of drug-likeness (QED) is 0.930. The van der Waals surface area contributed by atoms with Gasteiger partial charge in [-0.25, -0.2) is 4.79 Å². The van der Waals surface area contributed by atoms with Crippen molar-refractivity contribution >= 4 is 11.9 Å². The van der Waals surface area contributed by atoms with E-state index in [4.69, 9.17) is 4.74 Å². The lowest BCUT2D eigenvalue weighted by atomic mass is 10.0. The topological polar surface area (TPSA) is 66.8 Å². The molecule has 1 aliphatic heterocycles. The maximum absolute atomic E-state index is 12.8. The number of carbonyl (C=O) groups excluding carboxylic acids is 1. The molecule has 1 amide bonds. The predicted octanol–water partition coefficient (Wildman–Crippen LogP) is 2.78. The number of aryl methyl sites for hydroxylation is 1. The molecule has 5 heteroatoms. The Kier molecular flexibility index (Phi) is 5.14. The first kappa shape index (κ1) is 17.2. The second kappa shape index (κ2) is 7.49. The van der Waals surface area contributed by atoms with Crippen LogP contribution in [0.5, 0.6) is 0 Å². The fraction of sp³-hybridized carbons (Fsp3) is 0.300. The standard InChI is InChI=1S/C20H21NO4/c1-14-9-16(12-17(10-14)20(23)24)19(22)21-7-8-25-18(13-21)11-15-5-3-2-4-6-15/h2-6,9-10,12,18H,7-8,11,13H2,1H3,(H,23,24). The molecule has 0 saturated carbocycles. The highest BCUT2D eigenvalue weighted by atomic mass is 16.5. The van der Waals surface area contributed by atoms with Gasteiger partial charge in [0.2, 0.25) is 0 Å². The smallest absolute Gasteiger partial charge is 0.335 e. The SMILES string of the molecule is Cc1cc(C(=O)O)cc(C(=O)N2CCOC(Cc3ccccc3)C2)c1. The number of rotatable bonds is 4. The molecule has 5 nitrogen and oxygen atoms in total. The molecular weight excluding hydrogens is 318 g/mol. The number of carbonyl (C=O) groups is 2. The van der Waals surface area contributed by atoms with Crippen LogP contribution >= 0.6 is 0 Å². The van der Waals surface area contributed by atoms with Crippen molar-refractivity contribution in [3.63, 3.8) is 0 Å². The van der Waals surface area contributed by atoms with Gasteiger partial charge in [-0.2, -0.15) is 0 Å². The summed E-state index contributed by atoms with van der Waals surface area (Å²) in [6.07, 6.45) is 0.697. The van der Waals surface area contributed by atoms with E-state index in [0.29, 0.717) is 25.3 Å². The Balaban J connectivity index is 1.73. The molecule has 0 aliphatic carbocycles. The molecule has 1 saturated heterocycles. The summed E-state index contributed by atoms with van der Waals surface area (Å²) in [6, 6.07) is 14.8. The van der Waals surface area contributed by atoms with Crippen LogP contribution in [0.3, 0.4) is 0 Å². The molecule has 0 spiro atoms. The molecule has 25 heavy (non-hydrogen) atoms. The second-order valence-electron chi connectivity index (χ2n) is 6.33. The van der Waals surface area contributed by atoms with Gasteiger partial charge in [0.1, 0.15) is 0 Å². The van der Waals surface area contributed by atoms with Crippen LogP contribution in [0.15, 0.2) is 48.5 Å². The molecule has 1 atom stereocenters. The zero-order chi connectivity index (χ0) is 17.8.